The van der Waals surface area contributed by atoms with Crippen LogP contribution in [0.15, 0.2) is 60.1 Å². The Morgan fingerprint density at radius 2 is 2.00 bits per heavy atom. The standard InChI is InChI=1S/C22H25N3O2S/c1-3-25(21-5-4-14-28-21)16(2)6-7-17-8-11-19(12-9-17)27-20-13-10-18(15-24-20)22(23)26/h4-5,8-16H,3,6-7H2,1-2H3,(H2,23,26). The third kappa shape index (κ3) is 5.10. The van der Waals surface area contributed by atoms with E-state index in [9.17, 15) is 4.79 Å². The van der Waals surface area contributed by atoms with E-state index in [1.807, 2.05) is 12.1 Å². The number of thiophene rings is 1. The first-order valence-corrected chi connectivity index (χ1v) is 10.3. The molecule has 2 N–H and O–H groups in total. The van der Waals surface area contributed by atoms with Gasteiger partial charge in [0.1, 0.15) is 5.75 Å². The summed E-state index contributed by atoms with van der Waals surface area (Å²) in [6.07, 6.45) is 3.51. The second-order valence-corrected chi connectivity index (χ2v) is 7.55. The molecule has 0 saturated carbocycles. The van der Waals surface area contributed by atoms with Gasteiger partial charge in [0.05, 0.1) is 10.6 Å². The average Bonchev–Trinajstić information content (AvgIpc) is 3.23. The number of benzene rings is 1. The van der Waals surface area contributed by atoms with Crippen LogP contribution in [0.3, 0.4) is 0 Å². The third-order valence-corrected chi connectivity index (χ3v) is 5.58. The molecule has 146 valence electrons. The van der Waals surface area contributed by atoms with Crippen LogP contribution in [0.1, 0.15) is 36.2 Å². The Bertz CT molecular complexity index is 877. The Hall–Kier alpha value is -2.86. The molecule has 0 saturated heterocycles. The number of pyridine rings is 1. The summed E-state index contributed by atoms with van der Waals surface area (Å²) in [4.78, 5) is 17.6. The maximum Gasteiger partial charge on any atom is 0.250 e. The van der Waals surface area contributed by atoms with Gasteiger partial charge in [0.25, 0.3) is 0 Å². The molecular weight excluding hydrogens is 370 g/mol. The van der Waals surface area contributed by atoms with Gasteiger partial charge in [0, 0.05) is 24.8 Å². The summed E-state index contributed by atoms with van der Waals surface area (Å²) in [6.45, 7) is 5.49. The van der Waals surface area contributed by atoms with Gasteiger partial charge < -0.3 is 15.4 Å². The number of nitrogens with zero attached hydrogens (tertiary/aromatic N) is 2. The maximum atomic E-state index is 11.1. The van der Waals surface area contributed by atoms with Gasteiger partial charge in [-0.1, -0.05) is 12.1 Å². The molecule has 0 radical (unpaired) electrons. The summed E-state index contributed by atoms with van der Waals surface area (Å²) in [5, 5.41) is 3.45. The molecule has 3 aromatic rings. The summed E-state index contributed by atoms with van der Waals surface area (Å²) < 4.78 is 5.73. The molecule has 28 heavy (non-hydrogen) atoms. The summed E-state index contributed by atoms with van der Waals surface area (Å²) in [7, 11) is 0. The summed E-state index contributed by atoms with van der Waals surface area (Å²) >= 11 is 1.79. The van der Waals surface area contributed by atoms with E-state index in [1.54, 1.807) is 23.5 Å². The lowest BCUT2D eigenvalue weighted by molar-refractivity contribution is 0.1000. The minimum atomic E-state index is -0.502. The largest absolute Gasteiger partial charge is 0.439 e. The number of rotatable bonds is 9. The first kappa shape index (κ1) is 19.9. The molecular formula is C22H25N3O2S. The van der Waals surface area contributed by atoms with Crippen molar-refractivity contribution in [2.24, 2.45) is 5.73 Å². The Labute approximate surface area is 169 Å². The van der Waals surface area contributed by atoms with Crippen molar-refractivity contribution >= 4 is 22.2 Å². The van der Waals surface area contributed by atoms with Gasteiger partial charge in [-0.15, -0.1) is 11.3 Å². The molecule has 0 spiro atoms. The predicted molar refractivity (Wildman–Crippen MR) is 114 cm³/mol. The van der Waals surface area contributed by atoms with Crippen molar-refractivity contribution in [3.05, 3.63) is 71.2 Å². The number of ether oxygens (including phenoxy) is 1. The molecule has 2 aromatic heterocycles. The van der Waals surface area contributed by atoms with Gasteiger partial charge in [0.15, 0.2) is 0 Å². The highest BCUT2D eigenvalue weighted by Crippen LogP contribution is 2.25. The van der Waals surface area contributed by atoms with Crippen molar-refractivity contribution in [3.63, 3.8) is 0 Å². The number of anilines is 1. The normalized spacial score (nSPS) is 11.8. The zero-order valence-corrected chi connectivity index (χ0v) is 17.0. The van der Waals surface area contributed by atoms with Crippen LogP contribution >= 0.6 is 11.3 Å². The molecule has 1 amide bonds. The lowest BCUT2D eigenvalue weighted by atomic mass is 10.1. The van der Waals surface area contributed by atoms with E-state index < -0.39 is 5.91 Å². The van der Waals surface area contributed by atoms with Gasteiger partial charge >= 0.3 is 0 Å². The van der Waals surface area contributed by atoms with Crippen molar-refractivity contribution in [2.75, 3.05) is 11.4 Å². The van der Waals surface area contributed by atoms with E-state index in [0.717, 1.165) is 19.4 Å². The van der Waals surface area contributed by atoms with E-state index in [-0.39, 0.29) is 0 Å². The van der Waals surface area contributed by atoms with Gasteiger partial charge in [0.2, 0.25) is 11.8 Å². The molecule has 0 aliphatic carbocycles. The van der Waals surface area contributed by atoms with E-state index in [1.165, 1.54) is 16.8 Å². The first-order chi connectivity index (χ1) is 13.6. The SMILES string of the molecule is CCN(c1cccs1)C(C)CCc1ccc(Oc2ccc(C(N)=O)cn2)cc1. The molecule has 0 aliphatic heterocycles. The second-order valence-electron chi connectivity index (χ2n) is 6.62. The fraction of sp³-hybridized carbons (Fsp3) is 0.273. The Morgan fingerprint density at radius 1 is 1.21 bits per heavy atom. The molecule has 6 heteroatoms. The van der Waals surface area contributed by atoms with Gasteiger partial charge in [-0.05, 0) is 68.0 Å². The summed E-state index contributed by atoms with van der Waals surface area (Å²) in [5.74, 6) is 0.643. The predicted octanol–water partition coefficient (Wildman–Crippen LogP) is 4.88. The molecule has 1 unspecified atom stereocenters. The second kappa shape index (κ2) is 9.37. The van der Waals surface area contributed by atoms with Crippen molar-refractivity contribution in [3.8, 4) is 11.6 Å². The average molecular weight is 396 g/mol. The van der Waals surface area contributed by atoms with Crippen LogP contribution in [0.5, 0.6) is 11.6 Å². The highest BCUT2D eigenvalue weighted by molar-refractivity contribution is 7.14. The first-order valence-electron chi connectivity index (χ1n) is 9.39. The summed E-state index contributed by atoms with van der Waals surface area (Å²) in [5.41, 5.74) is 6.85. The van der Waals surface area contributed by atoms with E-state index >= 15 is 0 Å². The van der Waals surface area contributed by atoms with Crippen molar-refractivity contribution < 1.29 is 9.53 Å². The summed E-state index contributed by atoms with van der Waals surface area (Å²) in [6, 6.07) is 16.1. The van der Waals surface area contributed by atoms with Crippen LogP contribution in [0, 0.1) is 0 Å². The number of hydrogen-bond acceptors (Lipinski definition) is 5. The molecule has 5 nitrogen and oxygen atoms in total. The fourth-order valence-corrected chi connectivity index (χ4v) is 3.98. The van der Waals surface area contributed by atoms with E-state index in [4.69, 9.17) is 10.5 Å². The fourth-order valence-electron chi connectivity index (χ4n) is 3.08. The molecule has 1 atom stereocenters. The molecule has 3 rings (SSSR count). The monoisotopic (exact) mass is 395 g/mol. The number of hydrogen-bond donors (Lipinski definition) is 1. The molecule has 0 aliphatic rings. The van der Waals surface area contributed by atoms with Crippen molar-refractivity contribution in [2.45, 2.75) is 32.7 Å². The van der Waals surface area contributed by atoms with E-state index in [0.29, 0.717) is 23.2 Å². The topological polar surface area (TPSA) is 68.5 Å². The molecule has 0 bridgehead atoms. The molecule has 0 fully saturated rings. The zero-order valence-electron chi connectivity index (χ0n) is 16.2. The van der Waals surface area contributed by atoms with Crippen LogP contribution in [0.2, 0.25) is 0 Å². The number of amides is 1. The quantitative estimate of drug-likeness (QED) is 0.560. The van der Waals surface area contributed by atoms with Gasteiger partial charge in [-0.25, -0.2) is 4.98 Å². The van der Waals surface area contributed by atoms with E-state index in [2.05, 4.69) is 53.4 Å². The van der Waals surface area contributed by atoms with Crippen LogP contribution in [0.25, 0.3) is 0 Å². The highest BCUT2D eigenvalue weighted by Gasteiger charge is 2.13. The number of primary amides is 1. The number of carbonyl (C=O) groups is 1. The Kier molecular flexibility index (Phi) is 6.66. The Balaban J connectivity index is 1.54. The van der Waals surface area contributed by atoms with Crippen LogP contribution in [-0.4, -0.2) is 23.5 Å². The van der Waals surface area contributed by atoms with Crippen LogP contribution in [-0.2, 0) is 6.42 Å². The Morgan fingerprint density at radius 3 is 2.57 bits per heavy atom. The van der Waals surface area contributed by atoms with Crippen LogP contribution < -0.4 is 15.4 Å². The number of aromatic nitrogens is 1. The maximum absolute atomic E-state index is 11.1. The molecule has 2 heterocycles. The third-order valence-electron chi connectivity index (χ3n) is 4.68. The van der Waals surface area contributed by atoms with Gasteiger partial charge in [-0.3, -0.25) is 4.79 Å². The molecule has 1 aromatic carbocycles. The van der Waals surface area contributed by atoms with Gasteiger partial charge in [-0.2, -0.15) is 0 Å². The number of carbonyl (C=O) groups excluding carboxylic acids is 1. The lowest BCUT2D eigenvalue weighted by Crippen LogP contribution is -2.32. The minimum absolute atomic E-state index is 0.362. The van der Waals surface area contributed by atoms with Crippen LogP contribution in [0.4, 0.5) is 5.00 Å². The lowest BCUT2D eigenvalue weighted by Gasteiger charge is -2.28. The smallest absolute Gasteiger partial charge is 0.250 e. The number of aryl methyl sites for hydroxylation is 1. The highest BCUT2D eigenvalue weighted by atomic mass is 32.1. The number of nitrogens with two attached hydrogens (primary N) is 1. The zero-order chi connectivity index (χ0) is 19.9. The van der Waals surface area contributed by atoms with Crippen molar-refractivity contribution in [1.29, 1.82) is 0 Å². The minimum Gasteiger partial charge on any atom is -0.439 e. The van der Waals surface area contributed by atoms with Crippen molar-refractivity contribution in [1.82, 2.24) is 4.98 Å².